The average Bonchev–Trinajstić information content (AvgIpc) is 2.99. The molecule has 0 aliphatic carbocycles. The first-order valence-electron chi connectivity index (χ1n) is 13.8. The zero-order chi connectivity index (χ0) is 27.0. The van der Waals surface area contributed by atoms with Crippen LogP contribution in [-0.2, 0) is 43.5 Å². The molecule has 4 rings (SSSR count). The molecule has 7 heteroatoms. The number of ether oxygens (including phenoxy) is 5. The van der Waals surface area contributed by atoms with E-state index in [1.807, 2.05) is 54.6 Å². The molecular weight excluding hydrogens is 492 g/mol. The standard InChI is InChI=1S/C32H42N2O5/c1-35-20-19-33-17-18-34-29-24-37-30(25-36-21-26-11-5-2-6-12-26)32(39-23-28-15-9-4-10-16-28)31(29)38-22-27-13-7-3-8-14-27/h2-16,29-34H,17-25H2,1H3/t29-,30+,31+,32-/m0/s1. The van der Waals surface area contributed by atoms with Gasteiger partial charge in [0.05, 0.1) is 45.7 Å². The number of benzene rings is 3. The van der Waals surface area contributed by atoms with Crippen molar-refractivity contribution >= 4 is 0 Å². The molecule has 7 nitrogen and oxygen atoms in total. The first-order chi connectivity index (χ1) is 19.3. The Morgan fingerprint density at radius 2 is 1.26 bits per heavy atom. The van der Waals surface area contributed by atoms with E-state index < -0.39 is 0 Å². The number of methoxy groups -OCH3 is 1. The van der Waals surface area contributed by atoms with Crippen LogP contribution in [0, 0.1) is 0 Å². The third kappa shape index (κ3) is 10.1. The minimum atomic E-state index is -0.308. The van der Waals surface area contributed by atoms with E-state index in [0.29, 0.717) is 39.6 Å². The summed E-state index contributed by atoms with van der Waals surface area (Å²) in [7, 11) is 1.71. The van der Waals surface area contributed by atoms with Gasteiger partial charge in [0.15, 0.2) is 0 Å². The SMILES string of the molecule is COCCNCCN[C@H]1CO[C@H](COCc2ccccc2)[C@H](OCc2ccccc2)[C@@H]1OCc1ccccc1. The van der Waals surface area contributed by atoms with Crippen LogP contribution in [0.3, 0.4) is 0 Å². The molecule has 0 spiro atoms. The fourth-order valence-corrected chi connectivity index (χ4v) is 4.63. The van der Waals surface area contributed by atoms with Crippen molar-refractivity contribution in [1.29, 1.82) is 0 Å². The van der Waals surface area contributed by atoms with Crippen LogP contribution in [0.15, 0.2) is 91.0 Å². The van der Waals surface area contributed by atoms with Crippen molar-refractivity contribution in [3.8, 4) is 0 Å². The predicted molar refractivity (Wildman–Crippen MR) is 152 cm³/mol. The molecule has 1 aliphatic rings. The van der Waals surface area contributed by atoms with Crippen LogP contribution in [0.5, 0.6) is 0 Å². The normalized spacial score (nSPS) is 21.2. The summed E-state index contributed by atoms with van der Waals surface area (Å²) >= 11 is 0. The van der Waals surface area contributed by atoms with E-state index in [4.69, 9.17) is 23.7 Å². The maximum Gasteiger partial charge on any atom is 0.114 e. The molecular formula is C32H42N2O5. The molecule has 1 heterocycles. The first kappa shape index (κ1) is 29.4. The summed E-state index contributed by atoms with van der Waals surface area (Å²) in [5.41, 5.74) is 3.37. The summed E-state index contributed by atoms with van der Waals surface area (Å²) in [5, 5.41) is 7.03. The van der Waals surface area contributed by atoms with Crippen molar-refractivity contribution < 1.29 is 23.7 Å². The van der Waals surface area contributed by atoms with Gasteiger partial charge in [0.25, 0.3) is 0 Å². The second-order valence-electron chi connectivity index (χ2n) is 9.70. The van der Waals surface area contributed by atoms with Gasteiger partial charge in [-0.25, -0.2) is 0 Å². The molecule has 2 N–H and O–H groups in total. The zero-order valence-corrected chi connectivity index (χ0v) is 22.9. The molecule has 1 aliphatic heterocycles. The summed E-state index contributed by atoms with van der Waals surface area (Å²) in [5.74, 6) is 0. The van der Waals surface area contributed by atoms with Crippen molar-refractivity contribution in [3.05, 3.63) is 108 Å². The Labute approximate surface area is 232 Å². The van der Waals surface area contributed by atoms with E-state index in [1.165, 1.54) is 0 Å². The molecule has 3 aromatic rings. The van der Waals surface area contributed by atoms with E-state index in [0.717, 1.165) is 36.3 Å². The minimum absolute atomic E-state index is 0.0240. The maximum atomic E-state index is 6.61. The fourth-order valence-electron chi connectivity index (χ4n) is 4.63. The highest BCUT2D eigenvalue weighted by atomic mass is 16.6. The topological polar surface area (TPSA) is 70.2 Å². The van der Waals surface area contributed by atoms with E-state index >= 15 is 0 Å². The van der Waals surface area contributed by atoms with Crippen molar-refractivity contribution in [1.82, 2.24) is 10.6 Å². The third-order valence-electron chi connectivity index (χ3n) is 6.73. The lowest BCUT2D eigenvalue weighted by atomic mass is 9.97. The van der Waals surface area contributed by atoms with Crippen LogP contribution < -0.4 is 10.6 Å². The van der Waals surface area contributed by atoms with Gasteiger partial charge >= 0.3 is 0 Å². The van der Waals surface area contributed by atoms with Crippen molar-refractivity contribution in [2.75, 3.05) is 46.6 Å². The number of rotatable bonds is 17. The van der Waals surface area contributed by atoms with Gasteiger partial charge in [-0.05, 0) is 16.7 Å². The first-order valence-corrected chi connectivity index (χ1v) is 13.8. The summed E-state index contributed by atoms with van der Waals surface area (Å²) in [6.07, 6.45) is -0.777. The lowest BCUT2D eigenvalue weighted by Crippen LogP contribution is -2.61. The lowest BCUT2D eigenvalue weighted by Gasteiger charge is -2.42. The van der Waals surface area contributed by atoms with Gasteiger partial charge in [-0.1, -0.05) is 91.0 Å². The Balaban J connectivity index is 1.44. The van der Waals surface area contributed by atoms with Gasteiger partial charge in [-0.15, -0.1) is 0 Å². The lowest BCUT2D eigenvalue weighted by molar-refractivity contribution is -0.208. The molecule has 1 saturated heterocycles. The van der Waals surface area contributed by atoms with Gasteiger partial charge < -0.3 is 34.3 Å². The summed E-state index contributed by atoms with van der Waals surface area (Å²) < 4.78 is 30.8. The third-order valence-corrected chi connectivity index (χ3v) is 6.73. The second kappa shape index (κ2) is 17.2. The Kier molecular flexibility index (Phi) is 12.9. The molecule has 0 unspecified atom stereocenters. The molecule has 0 saturated carbocycles. The van der Waals surface area contributed by atoms with Crippen molar-refractivity contribution in [2.24, 2.45) is 0 Å². The minimum Gasteiger partial charge on any atom is -0.383 e. The Morgan fingerprint density at radius 1 is 0.692 bits per heavy atom. The van der Waals surface area contributed by atoms with Gasteiger partial charge in [0.2, 0.25) is 0 Å². The molecule has 39 heavy (non-hydrogen) atoms. The highest BCUT2D eigenvalue weighted by molar-refractivity contribution is 5.15. The molecule has 0 bridgehead atoms. The van der Waals surface area contributed by atoms with Crippen LogP contribution in [0.25, 0.3) is 0 Å². The van der Waals surface area contributed by atoms with Gasteiger partial charge in [0.1, 0.15) is 18.3 Å². The van der Waals surface area contributed by atoms with Crippen molar-refractivity contribution in [2.45, 2.75) is 44.2 Å². The molecule has 1 fully saturated rings. The predicted octanol–water partition coefficient (Wildman–Crippen LogP) is 3.97. The van der Waals surface area contributed by atoms with Gasteiger partial charge in [-0.3, -0.25) is 0 Å². The monoisotopic (exact) mass is 534 g/mol. The largest absolute Gasteiger partial charge is 0.383 e. The van der Waals surface area contributed by atoms with E-state index in [-0.39, 0.29) is 24.4 Å². The second-order valence-corrected chi connectivity index (χ2v) is 9.70. The molecule has 0 aromatic heterocycles. The summed E-state index contributed by atoms with van der Waals surface area (Å²) in [6, 6.07) is 30.6. The maximum absolute atomic E-state index is 6.61. The Bertz CT molecular complexity index is 1020. The van der Waals surface area contributed by atoms with E-state index in [2.05, 4.69) is 47.0 Å². The van der Waals surface area contributed by atoms with E-state index in [9.17, 15) is 0 Å². The van der Waals surface area contributed by atoms with Crippen LogP contribution in [0.2, 0.25) is 0 Å². The Hall–Kier alpha value is -2.62. The van der Waals surface area contributed by atoms with Gasteiger partial charge in [-0.2, -0.15) is 0 Å². The molecule has 3 aromatic carbocycles. The van der Waals surface area contributed by atoms with Crippen LogP contribution in [-0.4, -0.2) is 70.9 Å². The van der Waals surface area contributed by atoms with Crippen LogP contribution in [0.4, 0.5) is 0 Å². The molecule has 0 amide bonds. The highest BCUT2D eigenvalue weighted by Gasteiger charge is 2.42. The molecule has 210 valence electrons. The summed E-state index contributed by atoms with van der Waals surface area (Å²) in [6.45, 7) is 5.54. The van der Waals surface area contributed by atoms with Gasteiger partial charge in [0, 0.05) is 26.7 Å². The zero-order valence-electron chi connectivity index (χ0n) is 22.9. The fraction of sp³-hybridized carbons (Fsp3) is 0.438. The summed E-state index contributed by atoms with van der Waals surface area (Å²) in [4.78, 5) is 0. The number of nitrogens with one attached hydrogen (secondary N) is 2. The molecule has 0 radical (unpaired) electrons. The quantitative estimate of drug-likeness (QED) is 0.254. The number of hydrogen-bond acceptors (Lipinski definition) is 7. The highest BCUT2D eigenvalue weighted by Crippen LogP contribution is 2.25. The molecule has 4 atom stereocenters. The average molecular weight is 535 g/mol. The number of hydrogen-bond donors (Lipinski definition) is 2. The van der Waals surface area contributed by atoms with Crippen LogP contribution in [0.1, 0.15) is 16.7 Å². The van der Waals surface area contributed by atoms with E-state index in [1.54, 1.807) is 7.11 Å². The van der Waals surface area contributed by atoms with Crippen molar-refractivity contribution in [3.63, 3.8) is 0 Å². The Morgan fingerprint density at radius 3 is 1.85 bits per heavy atom. The van der Waals surface area contributed by atoms with Crippen LogP contribution >= 0.6 is 0 Å². The smallest absolute Gasteiger partial charge is 0.114 e.